The van der Waals surface area contributed by atoms with Gasteiger partial charge in [0.2, 0.25) is 6.23 Å². The molecule has 5 heteroatoms. The number of hydrogen-bond donors (Lipinski definition) is 1. The predicted molar refractivity (Wildman–Crippen MR) is 55.0 cm³/mol. The van der Waals surface area contributed by atoms with Crippen molar-refractivity contribution in [2.75, 3.05) is 0 Å². The molecule has 0 bridgehead atoms. The highest BCUT2D eigenvalue weighted by atomic mass is 16.3. The Morgan fingerprint density at radius 2 is 1.87 bits per heavy atom. The van der Waals surface area contributed by atoms with Crippen molar-refractivity contribution in [2.45, 2.75) is 52.4 Å². The summed E-state index contributed by atoms with van der Waals surface area (Å²) in [7, 11) is 0. The Morgan fingerprint density at radius 3 is 2.20 bits per heavy atom. The molecule has 1 fully saturated rings. The summed E-state index contributed by atoms with van der Waals surface area (Å²) in [4.78, 5) is 25.8. The van der Waals surface area contributed by atoms with Gasteiger partial charge in [-0.05, 0) is 27.2 Å². The van der Waals surface area contributed by atoms with E-state index < -0.39 is 18.2 Å². The first-order chi connectivity index (χ1) is 6.91. The smallest absolute Gasteiger partial charge is 0.329 e. The lowest BCUT2D eigenvalue weighted by Gasteiger charge is -2.25. The lowest BCUT2D eigenvalue weighted by Crippen LogP contribution is -2.42. The number of urea groups is 1. The molecule has 0 aromatic heterocycles. The molecular weight excluding hydrogens is 196 g/mol. The van der Waals surface area contributed by atoms with Gasteiger partial charge in [-0.25, -0.2) is 4.79 Å². The number of aliphatic hydroxyl groups is 1. The summed E-state index contributed by atoms with van der Waals surface area (Å²) in [6.07, 6.45) is -0.600. The SMILES string of the molecule is CCC(C)N1C(=O)N(C(C)C)C(=O)C1O. The van der Waals surface area contributed by atoms with Crippen LogP contribution in [-0.4, -0.2) is 45.2 Å². The molecule has 3 amide bonds. The van der Waals surface area contributed by atoms with E-state index in [4.69, 9.17) is 0 Å². The van der Waals surface area contributed by atoms with Crippen LogP contribution in [0.4, 0.5) is 4.79 Å². The largest absolute Gasteiger partial charge is 0.365 e. The fraction of sp³-hybridized carbons (Fsp3) is 0.800. The molecule has 0 saturated carbocycles. The molecule has 2 unspecified atom stereocenters. The molecule has 0 radical (unpaired) electrons. The van der Waals surface area contributed by atoms with Crippen LogP contribution in [0.3, 0.4) is 0 Å². The van der Waals surface area contributed by atoms with Crippen molar-refractivity contribution in [3.8, 4) is 0 Å². The van der Waals surface area contributed by atoms with Crippen LogP contribution in [0.5, 0.6) is 0 Å². The quantitative estimate of drug-likeness (QED) is 0.706. The van der Waals surface area contributed by atoms with E-state index in [1.807, 2.05) is 13.8 Å². The molecule has 1 aliphatic heterocycles. The van der Waals surface area contributed by atoms with Gasteiger partial charge in [-0.2, -0.15) is 0 Å². The van der Waals surface area contributed by atoms with Gasteiger partial charge in [0.15, 0.2) is 0 Å². The van der Waals surface area contributed by atoms with Gasteiger partial charge < -0.3 is 5.11 Å². The van der Waals surface area contributed by atoms with Crippen LogP contribution in [-0.2, 0) is 4.79 Å². The first kappa shape index (κ1) is 12.0. The summed E-state index contributed by atoms with van der Waals surface area (Å²) < 4.78 is 0. The molecule has 0 aromatic carbocycles. The van der Waals surface area contributed by atoms with E-state index in [1.165, 1.54) is 4.90 Å². The number of aliphatic hydroxyl groups excluding tert-OH is 1. The zero-order valence-electron chi connectivity index (χ0n) is 9.60. The molecule has 1 saturated heterocycles. The summed E-state index contributed by atoms with van der Waals surface area (Å²) in [5, 5.41) is 9.66. The maximum atomic E-state index is 11.8. The fourth-order valence-corrected chi connectivity index (χ4v) is 1.67. The average molecular weight is 214 g/mol. The van der Waals surface area contributed by atoms with E-state index >= 15 is 0 Å². The first-order valence-corrected chi connectivity index (χ1v) is 5.25. The van der Waals surface area contributed by atoms with Crippen molar-refractivity contribution >= 4 is 11.9 Å². The maximum absolute atomic E-state index is 11.8. The maximum Gasteiger partial charge on any atom is 0.329 e. The van der Waals surface area contributed by atoms with Gasteiger partial charge in [-0.15, -0.1) is 0 Å². The van der Waals surface area contributed by atoms with Crippen LogP contribution in [0, 0.1) is 0 Å². The standard InChI is InChI=1S/C10H18N2O3/c1-5-7(4)12-9(14)8(13)11(6(2)3)10(12)15/h6-7,9,14H,5H2,1-4H3. The lowest BCUT2D eigenvalue weighted by molar-refractivity contribution is -0.138. The fourth-order valence-electron chi connectivity index (χ4n) is 1.67. The number of carbonyl (C=O) groups is 2. The highest BCUT2D eigenvalue weighted by Crippen LogP contribution is 2.22. The highest BCUT2D eigenvalue weighted by molar-refractivity contribution is 6.03. The summed E-state index contributed by atoms with van der Waals surface area (Å²) in [5.41, 5.74) is 0. The second kappa shape index (κ2) is 4.18. The number of nitrogens with zero attached hydrogens (tertiary/aromatic N) is 2. The van der Waals surface area contributed by atoms with E-state index in [1.54, 1.807) is 13.8 Å². The molecule has 0 aromatic rings. The molecule has 0 spiro atoms. The molecule has 0 aliphatic carbocycles. The Bertz CT molecular complexity index is 278. The van der Waals surface area contributed by atoms with Gasteiger partial charge in [0.25, 0.3) is 5.91 Å². The monoisotopic (exact) mass is 214 g/mol. The topological polar surface area (TPSA) is 60.9 Å². The molecule has 1 aliphatic rings. The highest BCUT2D eigenvalue weighted by Gasteiger charge is 2.46. The van der Waals surface area contributed by atoms with Gasteiger partial charge in [0, 0.05) is 12.1 Å². The third kappa shape index (κ3) is 1.84. The molecular formula is C10H18N2O3. The minimum atomic E-state index is -1.31. The number of rotatable bonds is 3. The van der Waals surface area contributed by atoms with Crippen molar-refractivity contribution < 1.29 is 14.7 Å². The average Bonchev–Trinajstić information content (AvgIpc) is 2.37. The summed E-state index contributed by atoms with van der Waals surface area (Å²) in [6.45, 7) is 7.23. The van der Waals surface area contributed by atoms with Crippen LogP contribution < -0.4 is 0 Å². The minimum Gasteiger partial charge on any atom is -0.365 e. The van der Waals surface area contributed by atoms with E-state index in [9.17, 15) is 14.7 Å². The Balaban J connectivity index is 2.95. The normalized spacial score (nSPS) is 24.3. The molecule has 86 valence electrons. The van der Waals surface area contributed by atoms with Crippen molar-refractivity contribution in [3.05, 3.63) is 0 Å². The number of amides is 3. The van der Waals surface area contributed by atoms with Crippen molar-refractivity contribution in [1.29, 1.82) is 0 Å². The van der Waals surface area contributed by atoms with Gasteiger partial charge in [-0.1, -0.05) is 6.92 Å². The third-order valence-electron chi connectivity index (χ3n) is 2.73. The Hall–Kier alpha value is -1.10. The van der Waals surface area contributed by atoms with Crippen LogP contribution >= 0.6 is 0 Å². The lowest BCUT2D eigenvalue weighted by atomic mass is 10.2. The number of hydrogen-bond acceptors (Lipinski definition) is 3. The zero-order valence-corrected chi connectivity index (χ0v) is 9.60. The third-order valence-corrected chi connectivity index (χ3v) is 2.73. The first-order valence-electron chi connectivity index (χ1n) is 5.25. The van der Waals surface area contributed by atoms with E-state index in [2.05, 4.69) is 0 Å². The molecule has 15 heavy (non-hydrogen) atoms. The molecule has 1 N–H and O–H groups in total. The number of imide groups is 1. The van der Waals surface area contributed by atoms with Crippen LogP contribution in [0.1, 0.15) is 34.1 Å². The molecule has 5 nitrogen and oxygen atoms in total. The Kier molecular flexibility index (Phi) is 3.34. The van der Waals surface area contributed by atoms with Crippen LogP contribution in [0.15, 0.2) is 0 Å². The zero-order chi connectivity index (χ0) is 11.7. The Labute approximate surface area is 89.7 Å². The van der Waals surface area contributed by atoms with Gasteiger partial charge in [0.05, 0.1) is 0 Å². The predicted octanol–water partition coefficient (Wildman–Crippen LogP) is 0.776. The van der Waals surface area contributed by atoms with Crippen molar-refractivity contribution in [3.63, 3.8) is 0 Å². The van der Waals surface area contributed by atoms with Crippen LogP contribution in [0.25, 0.3) is 0 Å². The molecule has 1 rings (SSSR count). The van der Waals surface area contributed by atoms with Gasteiger partial charge >= 0.3 is 6.03 Å². The van der Waals surface area contributed by atoms with E-state index in [-0.39, 0.29) is 12.1 Å². The minimum absolute atomic E-state index is 0.125. The van der Waals surface area contributed by atoms with Crippen molar-refractivity contribution in [1.82, 2.24) is 9.80 Å². The summed E-state index contributed by atoms with van der Waals surface area (Å²) >= 11 is 0. The summed E-state index contributed by atoms with van der Waals surface area (Å²) in [6, 6.07) is -0.731. The number of carbonyl (C=O) groups excluding carboxylic acids is 2. The van der Waals surface area contributed by atoms with Gasteiger partial charge in [0.1, 0.15) is 0 Å². The Morgan fingerprint density at radius 1 is 1.33 bits per heavy atom. The summed E-state index contributed by atoms with van der Waals surface area (Å²) in [5.74, 6) is -0.518. The molecule has 2 atom stereocenters. The second-order valence-corrected chi connectivity index (χ2v) is 4.12. The second-order valence-electron chi connectivity index (χ2n) is 4.12. The molecule has 1 heterocycles. The van der Waals surface area contributed by atoms with Gasteiger partial charge in [-0.3, -0.25) is 14.6 Å². The van der Waals surface area contributed by atoms with E-state index in [0.29, 0.717) is 6.42 Å². The van der Waals surface area contributed by atoms with Crippen molar-refractivity contribution in [2.24, 2.45) is 0 Å². The van der Waals surface area contributed by atoms with Crippen LogP contribution in [0.2, 0.25) is 0 Å². The van der Waals surface area contributed by atoms with E-state index in [0.717, 1.165) is 4.90 Å².